The van der Waals surface area contributed by atoms with Gasteiger partial charge in [0.2, 0.25) is 6.79 Å². The van der Waals surface area contributed by atoms with E-state index in [4.69, 9.17) is 9.47 Å². The molecule has 2 aliphatic heterocycles. The second-order valence-electron chi connectivity index (χ2n) is 5.93. The summed E-state index contributed by atoms with van der Waals surface area (Å²) in [4.78, 5) is 0. The van der Waals surface area contributed by atoms with E-state index in [1.165, 1.54) is 31.4 Å². The predicted octanol–water partition coefficient (Wildman–Crippen LogP) is 2.60. The van der Waals surface area contributed by atoms with Gasteiger partial charge in [-0.1, -0.05) is 6.07 Å². The third-order valence-corrected chi connectivity index (χ3v) is 4.23. The van der Waals surface area contributed by atoms with Crippen molar-refractivity contribution in [3.05, 3.63) is 23.8 Å². The highest BCUT2D eigenvalue weighted by atomic mass is 16.7. The summed E-state index contributed by atoms with van der Waals surface area (Å²) >= 11 is 0. The molecule has 1 aromatic rings. The lowest BCUT2D eigenvalue weighted by Crippen LogP contribution is -2.35. The van der Waals surface area contributed by atoms with Crippen molar-refractivity contribution in [2.45, 2.75) is 51.2 Å². The van der Waals surface area contributed by atoms with Gasteiger partial charge in [0.25, 0.3) is 0 Å². The van der Waals surface area contributed by atoms with Crippen LogP contribution in [-0.2, 0) is 0 Å². The topological polar surface area (TPSA) is 42.5 Å². The Labute approximate surface area is 120 Å². The fourth-order valence-corrected chi connectivity index (χ4v) is 3.16. The van der Waals surface area contributed by atoms with E-state index in [2.05, 4.69) is 36.6 Å². The maximum Gasteiger partial charge on any atom is 0.231 e. The first kappa shape index (κ1) is 13.7. The second-order valence-corrected chi connectivity index (χ2v) is 5.93. The molecule has 2 N–H and O–H groups in total. The van der Waals surface area contributed by atoms with Gasteiger partial charge in [-0.2, -0.15) is 0 Å². The van der Waals surface area contributed by atoms with Gasteiger partial charge in [0.15, 0.2) is 11.5 Å². The number of ether oxygens (including phenoxy) is 2. The van der Waals surface area contributed by atoms with E-state index in [-0.39, 0.29) is 0 Å². The van der Waals surface area contributed by atoms with Crippen LogP contribution in [0.25, 0.3) is 0 Å². The minimum Gasteiger partial charge on any atom is -0.454 e. The molecule has 0 aliphatic carbocycles. The highest BCUT2D eigenvalue weighted by molar-refractivity contribution is 5.45. The van der Waals surface area contributed by atoms with E-state index < -0.39 is 0 Å². The van der Waals surface area contributed by atoms with Crippen molar-refractivity contribution < 1.29 is 9.47 Å². The molecule has 110 valence electrons. The normalized spacial score (nSPS) is 23.8. The average Bonchev–Trinajstić information content (AvgIpc) is 3.07. The average molecular weight is 276 g/mol. The number of hydrogen-bond acceptors (Lipinski definition) is 4. The maximum atomic E-state index is 5.44. The van der Waals surface area contributed by atoms with Gasteiger partial charge in [0, 0.05) is 18.1 Å². The fraction of sp³-hybridized carbons (Fsp3) is 0.625. The molecular formula is C16H24N2O2. The van der Waals surface area contributed by atoms with Crippen LogP contribution in [0.4, 0.5) is 0 Å². The van der Waals surface area contributed by atoms with E-state index in [9.17, 15) is 0 Å². The Kier molecular flexibility index (Phi) is 4.13. The summed E-state index contributed by atoms with van der Waals surface area (Å²) in [7, 11) is 0. The summed E-state index contributed by atoms with van der Waals surface area (Å²) in [6, 6.07) is 7.71. The Hall–Kier alpha value is -1.26. The van der Waals surface area contributed by atoms with E-state index in [1.807, 2.05) is 6.07 Å². The highest BCUT2D eigenvalue weighted by Crippen LogP contribution is 2.34. The van der Waals surface area contributed by atoms with E-state index in [0.717, 1.165) is 11.5 Å². The second kappa shape index (κ2) is 6.02. The first-order valence-corrected chi connectivity index (χ1v) is 7.61. The lowest BCUT2D eigenvalue weighted by molar-refractivity contribution is 0.174. The lowest BCUT2D eigenvalue weighted by Gasteiger charge is -2.23. The SMILES string of the molecule is CC(CC1CCCN1)NC(C)c1ccc2c(c1)OCO2. The van der Waals surface area contributed by atoms with Crippen molar-refractivity contribution in [1.29, 1.82) is 0 Å². The Bertz CT molecular complexity index is 458. The van der Waals surface area contributed by atoms with Gasteiger partial charge in [-0.25, -0.2) is 0 Å². The molecule has 0 spiro atoms. The van der Waals surface area contributed by atoms with Crippen LogP contribution in [0, 0.1) is 0 Å². The first-order valence-electron chi connectivity index (χ1n) is 7.61. The number of benzene rings is 1. The molecular weight excluding hydrogens is 252 g/mol. The molecule has 2 heterocycles. The monoisotopic (exact) mass is 276 g/mol. The number of fused-ring (bicyclic) bond motifs is 1. The zero-order chi connectivity index (χ0) is 13.9. The van der Waals surface area contributed by atoms with Gasteiger partial charge in [-0.05, 0) is 57.4 Å². The Balaban J connectivity index is 1.56. The fourth-order valence-electron chi connectivity index (χ4n) is 3.16. The van der Waals surface area contributed by atoms with Crippen LogP contribution in [0.2, 0.25) is 0 Å². The molecule has 3 unspecified atom stereocenters. The molecule has 3 atom stereocenters. The molecule has 0 amide bonds. The number of nitrogens with one attached hydrogen (secondary N) is 2. The number of rotatable bonds is 5. The van der Waals surface area contributed by atoms with E-state index in [1.54, 1.807) is 0 Å². The van der Waals surface area contributed by atoms with Crippen LogP contribution in [0.5, 0.6) is 11.5 Å². The van der Waals surface area contributed by atoms with Gasteiger partial charge in [-0.15, -0.1) is 0 Å². The summed E-state index contributed by atoms with van der Waals surface area (Å²) < 4.78 is 10.8. The molecule has 4 heteroatoms. The zero-order valence-electron chi connectivity index (χ0n) is 12.3. The smallest absolute Gasteiger partial charge is 0.231 e. The van der Waals surface area contributed by atoms with Crippen LogP contribution < -0.4 is 20.1 Å². The van der Waals surface area contributed by atoms with Crippen molar-refractivity contribution in [3.63, 3.8) is 0 Å². The predicted molar refractivity (Wildman–Crippen MR) is 79.2 cm³/mol. The largest absolute Gasteiger partial charge is 0.454 e. The Morgan fingerprint density at radius 1 is 1.30 bits per heavy atom. The van der Waals surface area contributed by atoms with Gasteiger partial charge in [0.05, 0.1) is 0 Å². The summed E-state index contributed by atoms with van der Waals surface area (Å²) in [5.74, 6) is 1.71. The van der Waals surface area contributed by atoms with Crippen LogP contribution >= 0.6 is 0 Å². The van der Waals surface area contributed by atoms with Crippen molar-refractivity contribution >= 4 is 0 Å². The van der Waals surface area contributed by atoms with Crippen LogP contribution in [-0.4, -0.2) is 25.4 Å². The van der Waals surface area contributed by atoms with Crippen LogP contribution in [0.3, 0.4) is 0 Å². The third-order valence-electron chi connectivity index (χ3n) is 4.23. The molecule has 0 aromatic heterocycles. The van der Waals surface area contributed by atoms with Gasteiger partial charge >= 0.3 is 0 Å². The van der Waals surface area contributed by atoms with Crippen LogP contribution in [0.15, 0.2) is 18.2 Å². The summed E-state index contributed by atoms with van der Waals surface area (Å²) in [6.07, 6.45) is 3.81. The van der Waals surface area contributed by atoms with Gasteiger partial charge in [-0.3, -0.25) is 0 Å². The summed E-state index contributed by atoms with van der Waals surface area (Å²) in [5.41, 5.74) is 1.25. The molecule has 2 aliphatic rings. The standard InChI is InChI=1S/C16H24N2O2/c1-11(8-14-4-3-7-17-14)18-12(2)13-5-6-15-16(9-13)20-10-19-15/h5-6,9,11-12,14,17-18H,3-4,7-8,10H2,1-2H3. The van der Waals surface area contributed by atoms with Gasteiger partial charge in [0.1, 0.15) is 0 Å². The quantitative estimate of drug-likeness (QED) is 0.867. The van der Waals surface area contributed by atoms with E-state index in [0.29, 0.717) is 24.9 Å². The van der Waals surface area contributed by atoms with Crippen molar-refractivity contribution in [2.24, 2.45) is 0 Å². The van der Waals surface area contributed by atoms with Crippen LogP contribution in [0.1, 0.15) is 44.7 Å². The molecule has 0 bridgehead atoms. The van der Waals surface area contributed by atoms with E-state index >= 15 is 0 Å². The molecule has 1 fully saturated rings. The molecule has 20 heavy (non-hydrogen) atoms. The van der Waals surface area contributed by atoms with Gasteiger partial charge < -0.3 is 20.1 Å². The lowest BCUT2D eigenvalue weighted by atomic mass is 10.0. The minimum atomic E-state index is 0.320. The van der Waals surface area contributed by atoms with Crippen molar-refractivity contribution in [1.82, 2.24) is 10.6 Å². The molecule has 0 saturated carbocycles. The number of hydrogen-bond donors (Lipinski definition) is 2. The highest BCUT2D eigenvalue weighted by Gasteiger charge is 2.20. The Morgan fingerprint density at radius 3 is 2.95 bits per heavy atom. The first-order chi connectivity index (χ1) is 9.72. The molecule has 4 nitrogen and oxygen atoms in total. The van der Waals surface area contributed by atoms with Crippen molar-refractivity contribution in [2.75, 3.05) is 13.3 Å². The molecule has 1 saturated heterocycles. The molecule has 0 radical (unpaired) electrons. The summed E-state index contributed by atoms with van der Waals surface area (Å²) in [6.45, 7) is 5.99. The summed E-state index contributed by atoms with van der Waals surface area (Å²) in [5, 5.41) is 7.24. The Morgan fingerprint density at radius 2 is 2.15 bits per heavy atom. The maximum absolute atomic E-state index is 5.44. The third kappa shape index (κ3) is 3.07. The molecule has 3 rings (SSSR count). The zero-order valence-corrected chi connectivity index (χ0v) is 12.3. The molecule has 1 aromatic carbocycles. The van der Waals surface area contributed by atoms with Crippen molar-refractivity contribution in [3.8, 4) is 11.5 Å². The minimum absolute atomic E-state index is 0.320.